The number of aromatic nitrogens is 4. The number of carbonyl (C=O) groups excluding carboxylic acids is 1. The number of carbonyl (C=O) groups is 1. The van der Waals surface area contributed by atoms with Crippen molar-refractivity contribution in [2.24, 2.45) is 0 Å². The van der Waals surface area contributed by atoms with Crippen molar-refractivity contribution in [2.45, 2.75) is 39.2 Å². The summed E-state index contributed by atoms with van der Waals surface area (Å²) in [6.07, 6.45) is 1.04. The lowest BCUT2D eigenvalue weighted by atomic mass is 10.2. The van der Waals surface area contributed by atoms with E-state index in [1.807, 2.05) is 6.92 Å². The molecule has 0 radical (unpaired) electrons. The molecule has 0 aliphatic rings. The fourth-order valence-electron chi connectivity index (χ4n) is 2.29. The van der Waals surface area contributed by atoms with Crippen LogP contribution in [0.1, 0.15) is 43.9 Å². The number of benzene rings is 1. The van der Waals surface area contributed by atoms with E-state index in [1.54, 1.807) is 25.1 Å². The summed E-state index contributed by atoms with van der Waals surface area (Å²) >= 11 is 0. The summed E-state index contributed by atoms with van der Waals surface area (Å²) in [4.78, 5) is 20.4. The molecule has 26 heavy (non-hydrogen) atoms. The van der Waals surface area contributed by atoms with Crippen LogP contribution in [0.4, 0.5) is 4.39 Å². The van der Waals surface area contributed by atoms with Gasteiger partial charge in [-0.15, -0.1) is 0 Å². The zero-order valence-corrected chi connectivity index (χ0v) is 14.4. The van der Waals surface area contributed by atoms with Crippen molar-refractivity contribution in [1.82, 2.24) is 25.6 Å². The molecule has 1 amide bonds. The highest BCUT2D eigenvalue weighted by Crippen LogP contribution is 2.19. The molecule has 2 heterocycles. The number of nitrogens with zero attached hydrogens (tertiary/aromatic N) is 4. The number of nitrogens with one attached hydrogen (secondary N) is 1. The first-order chi connectivity index (χ1) is 12.6. The first-order valence-electron chi connectivity index (χ1n) is 8.26. The zero-order chi connectivity index (χ0) is 18.5. The molecule has 0 fully saturated rings. The van der Waals surface area contributed by atoms with Crippen molar-refractivity contribution in [1.29, 1.82) is 0 Å². The van der Waals surface area contributed by atoms with Gasteiger partial charge in [0.05, 0.1) is 5.56 Å². The topological polar surface area (TPSA) is 107 Å². The fraction of sp³-hybridized carbons (Fsp3) is 0.353. The largest absolute Gasteiger partial charge is 0.345 e. The van der Waals surface area contributed by atoms with Crippen LogP contribution < -0.4 is 5.32 Å². The normalized spacial score (nSPS) is 12.1. The lowest BCUT2D eigenvalue weighted by Gasteiger charge is -2.08. The van der Waals surface area contributed by atoms with E-state index in [-0.39, 0.29) is 36.0 Å². The van der Waals surface area contributed by atoms with Crippen molar-refractivity contribution in [2.75, 3.05) is 0 Å². The van der Waals surface area contributed by atoms with Crippen molar-refractivity contribution in [3.63, 3.8) is 0 Å². The molecule has 0 saturated carbocycles. The van der Waals surface area contributed by atoms with Gasteiger partial charge in [-0.1, -0.05) is 29.4 Å². The van der Waals surface area contributed by atoms with E-state index in [0.717, 1.165) is 0 Å². The molecule has 8 nitrogen and oxygen atoms in total. The van der Waals surface area contributed by atoms with E-state index in [2.05, 4.69) is 25.6 Å². The van der Waals surface area contributed by atoms with Crippen LogP contribution in [0.15, 0.2) is 33.3 Å². The first-order valence-corrected chi connectivity index (χ1v) is 8.26. The quantitative estimate of drug-likeness (QED) is 0.691. The molecule has 1 atom stereocenters. The third kappa shape index (κ3) is 4.11. The second-order valence-electron chi connectivity index (χ2n) is 5.68. The number of aryl methyl sites for hydroxylation is 2. The molecule has 1 aromatic carbocycles. The van der Waals surface area contributed by atoms with Crippen LogP contribution in [0, 0.1) is 5.82 Å². The molecular weight excluding hydrogens is 341 g/mol. The Hall–Kier alpha value is -3.10. The maximum atomic E-state index is 13.7. The van der Waals surface area contributed by atoms with Gasteiger partial charge < -0.3 is 14.4 Å². The summed E-state index contributed by atoms with van der Waals surface area (Å²) in [5.74, 6) is 0.709. The van der Waals surface area contributed by atoms with Crippen LogP contribution in [0.5, 0.6) is 0 Å². The van der Waals surface area contributed by atoms with Crippen LogP contribution in [0.25, 0.3) is 11.4 Å². The third-order valence-electron chi connectivity index (χ3n) is 3.70. The average molecular weight is 359 g/mol. The summed E-state index contributed by atoms with van der Waals surface area (Å²) < 4.78 is 23.9. The highest BCUT2D eigenvalue weighted by molar-refractivity contribution is 5.76. The maximum absolute atomic E-state index is 13.7. The van der Waals surface area contributed by atoms with E-state index in [1.165, 1.54) is 6.07 Å². The highest BCUT2D eigenvalue weighted by Gasteiger charge is 2.17. The Morgan fingerprint density at radius 2 is 2.04 bits per heavy atom. The zero-order valence-electron chi connectivity index (χ0n) is 14.4. The third-order valence-corrected chi connectivity index (χ3v) is 3.70. The lowest BCUT2D eigenvalue weighted by molar-refractivity contribution is -0.121. The predicted molar refractivity (Wildman–Crippen MR) is 88.2 cm³/mol. The minimum Gasteiger partial charge on any atom is -0.345 e. The average Bonchev–Trinajstić information content (AvgIpc) is 3.30. The minimum absolute atomic E-state index is 0.137. The van der Waals surface area contributed by atoms with E-state index < -0.39 is 11.9 Å². The Balaban J connectivity index is 1.54. The monoisotopic (exact) mass is 359 g/mol. The smallest absolute Gasteiger partial charge is 0.248 e. The number of halogens is 1. The SMILES string of the molecule is CCc1noc(C(C)NC(=O)CCc2nc(-c3ccccc3F)no2)n1. The lowest BCUT2D eigenvalue weighted by Crippen LogP contribution is -2.27. The summed E-state index contributed by atoms with van der Waals surface area (Å²) in [6, 6.07) is 5.75. The van der Waals surface area contributed by atoms with Gasteiger partial charge >= 0.3 is 0 Å². The van der Waals surface area contributed by atoms with Crippen LogP contribution in [0.3, 0.4) is 0 Å². The van der Waals surface area contributed by atoms with Gasteiger partial charge in [0.25, 0.3) is 0 Å². The Morgan fingerprint density at radius 3 is 2.77 bits per heavy atom. The molecule has 0 aliphatic heterocycles. The van der Waals surface area contributed by atoms with Crippen LogP contribution in [0.2, 0.25) is 0 Å². The Kier molecular flexibility index (Phi) is 5.35. The van der Waals surface area contributed by atoms with Gasteiger partial charge in [-0.2, -0.15) is 9.97 Å². The molecule has 2 aromatic heterocycles. The van der Waals surface area contributed by atoms with Crippen molar-refractivity contribution < 1.29 is 18.2 Å². The van der Waals surface area contributed by atoms with Gasteiger partial charge in [-0.3, -0.25) is 4.79 Å². The Morgan fingerprint density at radius 1 is 1.23 bits per heavy atom. The molecule has 0 spiro atoms. The maximum Gasteiger partial charge on any atom is 0.248 e. The molecule has 1 unspecified atom stereocenters. The molecule has 0 aliphatic carbocycles. The van der Waals surface area contributed by atoms with Gasteiger partial charge in [-0.25, -0.2) is 4.39 Å². The minimum atomic E-state index is -0.433. The van der Waals surface area contributed by atoms with Crippen molar-refractivity contribution >= 4 is 5.91 Å². The Bertz CT molecular complexity index is 892. The molecule has 0 bridgehead atoms. The molecule has 136 valence electrons. The summed E-state index contributed by atoms with van der Waals surface area (Å²) in [5, 5.41) is 10.3. The fourth-order valence-corrected chi connectivity index (χ4v) is 2.29. The summed E-state index contributed by atoms with van der Waals surface area (Å²) in [6.45, 7) is 3.67. The molecular formula is C17H18FN5O3. The van der Waals surface area contributed by atoms with Crippen LogP contribution in [-0.4, -0.2) is 26.2 Å². The number of hydrogen-bond donors (Lipinski definition) is 1. The number of rotatable bonds is 7. The van der Waals surface area contributed by atoms with Gasteiger partial charge in [0.15, 0.2) is 5.82 Å². The van der Waals surface area contributed by atoms with Gasteiger partial charge in [0.1, 0.15) is 11.9 Å². The highest BCUT2D eigenvalue weighted by atomic mass is 19.1. The second-order valence-corrected chi connectivity index (χ2v) is 5.68. The van der Waals surface area contributed by atoms with Crippen molar-refractivity contribution in [3.05, 3.63) is 47.7 Å². The molecule has 3 rings (SSSR count). The van der Waals surface area contributed by atoms with Gasteiger partial charge in [-0.05, 0) is 19.1 Å². The number of hydrogen-bond acceptors (Lipinski definition) is 7. The van der Waals surface area contributed by atoms with E-state index in [9.17, 15) is 9.18 Å². The van der Waals surface area contributed by atoms with E-state index in [0.29, 0.717) is 18.1 Å². The first kappa shape index (κ1) is 17.7. The predicted octanol–water partition coefficient (Wildman–Crippen LogP) is 2.63. The van der Waals surface area contributed by atoms with E-state index in [4.69, 9.17) is 9.05 Å². The molecule has 1 N–H and O–H groups in total. The van der Waals surface area contributed by atoms with Gasteiger partial charge in [0, 0.05) is 19.3 Å². The molecule has 0 saturated heterocycles. The standard InChI is InChI=1S/C17H18FN5O3/c1-3-13-20-17(26-22-13)10(2)19-14(24)8-9-15-21-16(23-25-15)11-6-4-5-7-12(11)18/h4-7,10H,3,8-9H2,1-2H3,(H,19,24). The van der Waals surface area contributed by atoms with Crippen molar-refractivity contribution in [3.8, 4) is 11.4 Å². The Labute approximate surface area is 148 Å². The summed E-state index contributed by atoms with van der Waals surface area (Å²) in [5.41, 5.74) is 0.253. The van der Waals surface area contributed by atoms with Crippen LogP contribution >= 0.6 is 0 Å². The molecule has 3 aromatic rings. The van der Waals surface area contributed by atoms with E-state index >= 15 is 0 Å². The summed E-state index contributed by atoms with van der Waals surface area (Å²) in [7, 11) is 0. The molecule has 9 heteroatoms. The number of amides is 1. The van der Waals surface area contributed by atoms with Crippen LogP contribution in [-0.2, 0) is 17.6 Å². The second kappa shape index (κ2) is 7.85. The van der Waals surface area contributed by atoms with Gasteiger partial charge in [0.2, 0.25) is 23.5 Å².